The highest BCUT2D eigenvalue weighted by molar-refractivity contribution is 5.79. The molecule has 8 heteroatoms. The number of rotatable bonds is 3. The van der Waals surface area contributed by atoms with Crippen LogP contribution >= 0.6 is 0 Å². The Bertz CT molecular complexity index is 538. The molecule has 3 rings (SSSR count). The van der Waals surface area contributed by atoms with Crippen molar-refractivity contribution >= 4 is 5.91 Å². The fourth-order valence-electron chi connectivity index (χ4n) is 3.72. The lowest BCUT2D eigenvalue weighted by molar-refractivity contribution is -0.151. The molecule has 2 aliphatic heterocycles. The van der Waals surface area contributed by atoms with Crippen LogP contribution in [0, 0.1) is 5.92 Å². The lowest BCUT2D eigenvalue weighted by Crippen LogP contribution is -2.47. The lowest BCUT2D eigenvalue weighted by Gasteiger charge is -2.38. The second kappa shape index (κ2) is 7.13. The summed E-state index contributed by atoms with van der Waals surface area (Å²) in [5, 5.41) is 4.26. The zero-order valence-electron chi connectivity index (χ0n) is 13.6. The molecule has 5 nitrogen and oxygen atoms in total. The molecule has 0 radical (unpaired) electrons. The number of piperidine rings is 2. The molecule has 0 saturated carbocycles. The van der Waals surface area contributed by atoms with Crippen LogP contribution in [0.15, 0.2) is 18.5 Å². The normalized spacial score (nSPS) is 24.3. The van der Waals surface area contributed by atoms with E-state index in [1.807, 2.05) is 21.8 Å². The van der Waals surface area contributed by atoms with Crippen molar-refractivity contribution in [1.29, 1.82) is 0 Å². The molecule has 0 unspecified atom stereocenters. The van der Waals surface area contributed by atoms with Gasteiger partial charge in [0.15, 0.2) is 0 Å². The molecule has 1 amide bonds. The maximum Gasteiger partial charge on any atom is 0.401 e. The summed E-state index contributed by atoms with van der Waals surface area (Å²) >= 11 is 0. The Morgan fingerprint density at radius 1 is 1.17 bits per heavy atom. The minimum Gasteiger partial charge on any atom is -0.340 e. The third-order valence-corrected chi connectivity index (χ3v) is 4.95. The number of likely N-dealkylation sites (tertiary alicyclic amines) is 2. The Hall–Kier alpha value is -1.57. The van der Waals surface area contributed by atoms with Gasteiger partial charge in [-0.15, -0.1) is 0 Å². The molecule has 0 spiro atoms. The van der Waals surface area contributed by atoms with E-state index in [-0.39, 0.29) is 17.9 Å². The first-order valence-electron chi connectivity index (χ1n) is 8.49. The van der Waals surface area contributed by atoms with E-state index in [9.17, 15) is 18.0 Å². The number of carbonyl (C=O) groups is 1. The van der Waals surface area contributed by atoms with Gasteiger partial charge in [0.05, 0.1) is 12.6 Å². The Morgan fingerprint density at radius 2 is 1.92 bits per heavy atom. The SMILES string of the molecule is O=C(C1CCN(CC(F)(F)F)CC1)N1CCC[C@H](n2cccn2)C1. The third kappa shape index (κ3) is 4.28. The van der Waals surface area contributed by atoms with Crippen LogP contribution in [-0.4, -0.2) is 64.4 Å². The Morgan fingerprint density at radius 3 is 2.54 bits per heavy atom. The van der Waals surface area contributed by atoms with Crippen LogP contribution in [0.5, 0.6) is 0 Å². The van der Waals surface area contributed by atoms with Crippen LogP contribution in [0.25, 0.3) is 0 Å². The highest BCUT2D eigenvalue weighted by Gasteiger charge is 2.35. The minimum atomic E-state index is -4.17. The highest BCUT2D eigenvalue weighted by Crippen LogP contribution is 2.27. The molecule has 0 aliphatic carbocycles. The van der Waals surface area contributed by atoms with Gasteiger partial charge in [-0.1, -0.05) is 0 Å². The number of aromatic nitrogens is 2. The quantitative estimate of drug-likeness (QED) is 0.845. The molecule has 2 saturated heterocycles. The molecule has 134 valence electrons. The predicted molar refractivity (Wildman–Crippen MR) is 82.3 cm³/mol. The van der Waals surface area contributed by atoms with Gasteiger partial charge in [-0.05, 0) is 44.8 Å². The van der Waals surface area contributed by atoms with E-state index >= 15 is 0 Å². The van der Waals surface area contributed by atoms with Crippen molar-refractivity contribution in [2.45, 2.75) is 37.9 Å². The molecule has 3 heterocycles. The van der Waals surface area contributed by atoms with E-state index in [1.165, 1.54) is 4.90 Å². The van der Waals surface area contributed by atoms with Crippen molar-refractivity contribution in [1.82, 2.24) is 19.6 Å². The van der Waals surface area contributed by atoms with E-state index in [1.54, 1.807) is 6.20 Å². The first kappa shape index (κ1) is 17.3. The second-order valence-electron chi connectivity index (χ2n) is 6.73. The maximum atomic E-state index is 12.7. The molecule has 24 heavy (non-hydrogen) atoms. The monoisotopic (exact) mass is 344 g/mol. The number of alkyl halides is 3. The van der Waals surface area contributed by atoms with Gasteiger partial charge in [-0.3, -0.25) is 14.4 Å². The average molecular weight is 344 g/mol. The summed E-state index contributed by atoms with van der Waals surface area (Å²) in [6, 6.07) is 2.07. The largest absolute Gasteiger partial charge is 0.401 e. The summed E-state index contributed by atoms with van der Waals surface area (Å²) in [5.41, 5.74) is 0. The van der Waals surface area contributed by atoms with Gasteiger partial charge in [0.25, 0.3) is 0 Å². The van der Waals surface area contributed by atoms with Gasteiger partial charge in [-0.25, -0.2) is 0 Å². The molecule has 0 aromatic carbocycles. The zero-order valence-corrected chi connectivity index (χ0v) is 13.6. The van der Waals surface area contributed by atoms with Gasteiger partial charge < -0.3 is 4.90 Å². The van der Waals surface area contributed by atoms with Crippen LogP contribution in [-0.2, 0) is 4.79 Å². The van der Waals surface area contributed by atoms with Gasteiger partial charge in [0, 0.05) is 31.4 Å². The first-order valence-corrected chi connectivity index (χ1v) is 8.49. The summed E-state index contributed by atoms with van der Waals surface area (Å²) in [6.07, 6.45) is 2.43. The van der Waals surface area contributed by atoms with E-state index in [4.69, 9.17) is 0 Å². The van der Waals surface area contributed by atoms with Crippen LogP contribution in [0.2, 0.25) is 0 Å². The predicted octanol–water partition coefficient (Wildman–Crippen LogP) is 2.32. The number of amides is 1. The molecule has 0 bridgehead atoms. The first-order chi connectivity index (χ1) is 11.4. The summed E-state index contributed by atoms with van der Waals surface area (Å²) < 4.78 is 39.2. The third-order valence-electron chi connectivity index (χ3n) is 4.95. The van der Waals surface area contributed by atoms with Crippen molar-refractivity contribution in [3.8, 4) is 0 Å². The standard InChI is InChI=1S/C16H23F3N4O/c17-16(18,19)12-21-9-4-13(5-10-21)15(24)22-7-1-3-14(11-22)23-8-2-6-20-23/h2,6,8,13-14H,1,3-5,7,9-12H2/t14-/m0/s1. The van der Waals surface area contributed by atoms with Crippen molar-refractivity contribution in [2.24, 2.45) is 5.92 Å². The van der Waals surface area contributed by atoms with E-state index in [0.29, 0.717) is 32.5 Å². The molecule has 2 aliphatic rings. The molecular formula is C16H23F3N4O. The van der Waals surface area contributed by atoms with Crippen molar-refractivity contribution in [2.75, 3.05) is 32.7 Å². The Kier molecular flexibility index (Phi) is 5.12. The Balaban J connectivity index is 1.52. The summed E-state index contributed by atoms with van der Waals surface area (Å²) in [7, 11) is 0. The van der Waals surface area contributed by atoms with Gasteiger partial charge >= 0.3 is 6.18 Å². The van der Waals surface area contributed by atoms with E-state index in [2.05, 4.69) is 5.10 Å². The topological polar surface area (TPSA) is 41.4 Å². The summed E-state index contributed by atoms with van der Waals surface area (Å²) in [5.74, 6) is -0.0515. The number of halogens is 3. The number of carbonyl (C=O) groups excluding carboxylic acids is 1. The second-order valence-corrected chi connectivity index (χ2v) is 6.73. The average Bonchev–Trinajstić information content (AvgIpc) is 3.08. The number of hydrogen-bond donors (Lipinski definition) is 0. The molecule has 1 aromatic rings. The van der Waals surface area contributed by atoms with E-state index < -0.39 is 12.7 Å². The van der Waals surface area contributed by atoms with Crippen molar-refractivity contribution in [3.63, 3.8) is 0 Å². The summed E-state index contributed by atoms with van der Waals surface area (Å²) in [4.78, 5) is 16.0. The van der Waals surface area contributed by atoms with Crippen LogP contribution in [0.3, 0.4) is 0 Å². The molecule has 0 N–H and O–H groups in total. The number of nitrogens with zero attached hydrogens (tertiary/aromatic N) is 4. The van der Waals surface area contributed by atoms with Crippen LogP contribution in [0.4, 0.5) is 13.2 Å². The summed E-state index contributed by atoms with van der Waals surface area (Å²) in [6.45, 7) is 1.18. The minimum absolute atomic E-state index is 0.0958. The molecular weight excluding hydrogens is 321 g/mol. The van der Waals surface area contributed by atoms with Crippen molar-refractivity contribution in [3.05, 3.63) is 18.5 Å². The molecule has 2 fully saturated rings. The van der Waals surface area contributed by atoms with Crippen LogP contribution in [0.1, 0.15) is 31.7 Å². The molecule has 1 atom stereocenters. The lowest BCUT2D eigenvalue weighted by atomic mass is 9.94. The fourth-order valence-corrected chi connectivity index (χ4v) is 3.72. The fraction of sp³-hybridized carbons (Fsp3) is 0.750. The van der Waals surface area contributed by atoms with E-state index in [0.717, 1.165) is 19.4 Å². The van der Waals surface area contributed by atoms with Crippen LogP contribution < -0.4 is 0 Å². The van der Waals surface area contributed by atoms with Gasteiger partial charge in [-0.2, -0.15) is 18.3 Å². The Labute approximate surface area is 139 Å². The van der Waals surface area contributed by atoms with Gasteiger partial charge in [0.1, 0.15) is 0 Å². The zero-order chi connectivity index (χ0) is 17.2. The maximum absolute atomic E-state index is 12.7. The molecule has 1 aromatic heterocycles. The van der Waals surface area contributed by atoms with Gasteiger partial charge in [0.2, 0.25) is 5.91 Å². The van der Waals surface area contributed by atoms with Crippen molar-refractivity contribution < 1.29 is 18.0 Å². The smallest absolute Gasteiger partial charge is 0.340 e. The highest BCUT2D eigenvalue weighted by atomic mass is 19.4. The number of hydrogen-bond acceptors (Lipinski definition) is 3.